The maximum atomic E-state index is 5.47. The molecule has 0 aliphatic rings. The van der Waals surface area contributed by atoms with Gasteiger partial charge in [-0.05, 0) is 38.5 Å². The van der Waals surface area contributed by atoms with Crippen molar-refractivity contribution in [3.63, 3.8) is 0 Å². The third kappa shape index (κ3) is 3.68. The molecule has 0 saturated heterocycles. The van der Waals surface area contributed by atoms with Crippen LogP contribution < -0.4 is 5.48 Å². The van der Waals surface area contributed by atoms with Crippen LogP contribution in [0.1, 0.15) is 26.3 Å². The van der Waals surface area contributed by atoms with Gasteiger partial charge in [0.25, 0.3) is 0 Å². The SMILES string of the molecule is CC(C)(C)ONCc1ccc(-n2ccnc2)cc1. The van der Waals surface area contributed by atoms with Crippen LogP contribution in [0.5, 0.6) is 0 Å². The Morgan fingerprint density at radius 3 is 2.50 bits per heavy atom. The van der Waals surface area contributed by atoms with E-state index in [0.29, 0.717) is 6.54 Å². The van der Waals surface area contributed by atoms with Crippen LogP contribution in [0, 0.1) is 0 Å². The Bertz CT molecular complexity index is 469. The summed E-state index contributed by atoms with van der Waals surface area (Å²) in [4.78, 5) is 9.50. The fourth-order valence-electron chi connectivity index (χ4n) is 1.53. The standard InChI is InChI=1S/C14H19N3O/c1-14(2,3)18-16-10-12-4-6-13(7-5-12)17-9-8-15-11-17/h4-9,11,16H,10H2,1-3H3. The van der Waals surface area contributed by atoms with E-state index in [2.05, 4.69) is 34.7 Å². The molecule has 18 heavy (non-hydrogen) atoms. The molecule has 0 amide bonds. The minimum absolute atomic E-state index is 0.170. The minimum atomic E-state index is -0.170. The average molecular weight is 245 g/mol. The second-order valence-electron chi connectivity index (χ2n) is 5.17. The van der Waals surface area contributed by atoms with Crippen molar-refractivity contribution in [1.82, 2.24) is 15.0 Å². The van der Waals surface area contributed by atoms with Gasteiger partial charge in [0, 0.05) is 24.6 Å². The molecule has 0 aliphatic carbocycles. The van der Waals surface area contributed by atoms with Crippen LogP contribution in [-0.2, 0) is 11.4 Å². The Balaban J connectivity index is 1.92. The maximum absolute atomic E-state index is 5.47. The molecule has 0 unspecified atom stereocenters. The zero-order valence-corrected chi connectivity index (χ0v) is 11.1. The quantitative estimate of drug-likeness (QED) is 0.842. The summed E-state index contributed by atoms with van der Waals surface area (Å²) in [5, 5.41) is 0. The molecular formula is C14H19N3O. The van der Waals surface area contributed by atoms with Gasteiger partial charge >= 0.3 is 0 Å². The van der Waals surface area contributed by atoms with Gasteiger partial charge in [0.05, 0.1) is 11.9 Å². The van der Waals surface area contributed by atoms with Gasteiger partial charge in [-0.1, -0.05) is 12.1 Å². The van der Waals surface area contributed by atoms with Crippen LogP contribution in [0.15, 0.2) is 43.0 Å². The molecule has 0 spiro atoms. The van der Waals surface area contributed by atoms with Gasteiger partial charge < -0.3 is 4.57 Å². The highest BCUT2D eigenvalue weighted by Crippen LogP contribution is 2.10. The summed E-state index contributed by atoms with van der Waals surface area (Å²) in [5.41, 5.74) is 5.09. The lowest BCUT2D eigenvalue weighted by Gasteiger charge is -2.19. The summed E-state index contributed by atoms with van der Waals surface area (Å²) >= 11 is 0. The van der Waals surface area contributed by atoms with E-state index in [-0.39, 0.29) is 5.60 Å². The molecule has 1 aromatic heterocycles. The van der Waals surface area contributed by atoms with Gasteiger partial charge in [0.1, 0.15) is 0 Å². The molecule has 0 aliphatic heterocycles. The number of hydroxylamine groups is 1. The van der Waals surface area contributed by atoms with Crippen LogP contribution in [0.4, 0.5) is 0 Å². The molecular weight excluding hydrogens is 226 g/mol. The first-order valence-corrected chi connectivity index (χ1v) is 6.03. The lowest BCUT2D eigenvalue weighted by Crippen LogP contribution is -2.28. The summed E-state index contributed by atoms with van der Waals surface area (Å²) in [6.07, 6.45) is 5.48. The lowest BCUT2D eigenvalue weighted by atomic mass is 10.2. The fourth-order valence-corrected chi connectivity index (χ4v) is 1.53. The van der Waals surface area contributed by atoms with E-state index in [1.54, 1.807) is 12.5 Å². The number of nitrogens with zero attached hydrogens (tertiary/aromatic N) is 2. The van der Waals surface area contributed by atoms with E-state index in [1.165, 1.54) is 5.56 Å². The van der Waals surface area contributed by atoms with E-state index < -0.39 is 0 Å². The summed E-state index contributed by atoms with van der Waals surface area (Å²) in [5.74, 6) is 0. The highest BCUT2D eigenvalue weighted by atomic mass is 16.7. The van der Waals surface area contributed by atoms with E-state index >= 15 is 0 Å². The molecule has 96 valence electrons. The summed E-state index contributed by atoms with van der Waals surface area (Å²) in [7, 11) is 0. The molecule has 0 atom stereocenters. The highest BCUT2D eigenvalue weighted by Gasteiger charge is 2.09. The highest BCUT2D eigenvalue weighted by molar-refractivity contribution is 5.34. The Morgan fingerprint density at radius 2 is 1.94 bits per heavy atom. The van der Waals surface area contributed by atoms with Crippen molar-refractivity contribution in [1.29, 1.82) is 0 Å². The molecule has 4 heteroatoms. The summed E-state index contributed by atoms with van der Waals surface area (Å²) in [6, 6.07) is 8.29. The van der Waals surface area contributed by atoms with E-state index in [1.807, 2.05) is 31.5 Å². The number of aromatic nitrogens is 2. The molecule has 1 N–H and O–H groups in total. The number of nitrogens with one attached hydrogen (secondary N) is 1. The molecule has 0 bridgehead atoms. The predicted molar refractivity (Wildman–Crippen MR) is 71.2 cm³/mol. The lowest BCUT2D eigenvalue weighted by molar-refractivity contribution is -0.0757. The maximum Gasteiger partial charge on any atom is 0.0991 e. The van der Waals surface area contributed by atoms with Crippen LogP contribution in [0.3, 0.4) is 0 Å². The van der Waals surface area contributed by atoms with Crippen molar-refractivity contribution in [3.05, 3.63) is 48.5 Å². The van der Waals surface area contributed by atoms with Gasteiger partial charge in [-0.3, -0.25) is 4.84 Å². The molecule has 1 aromatic carbocycles. The van der Waals surface area contributed by atoms with E-state index in [0.717, 1.165) is 5.69 Å². The normalized spacial score (nSPS) is 11.7. The number of benzene rings is 1. The molecule has 0 radical (unpaired) electrons. The van der Waals surface area contributed by atoms with Crippen LogP contribution in [0.2, 0.25) is 0 Å². The largest absolute Gasteiger partial charge is 0.306 e. The van der Waals surface area contributed by atoms with Gasteiger partial charge in [0.2, 0.25) is 0 Å². The van der Waals surface area contributed by atoms with Crippen molar-refractivity contribution < 1.29 is 4.84 Å². The summed E-state index contributed by atoms with van der Waals surface area (Å²) in [6.45, 7) is 6.74. The van der Waals surface area contributed by atoms with Crippen molar-refractivity contribution >= 4 is 0 Å². The average Bonchev–Trinajstić information content (AvgIpc) is 2.82. The molecule has 4 nitrogen and oxygen atoms in total. The Morgan fingerprint density at radius 1 is 1.22 bits per heavy atom. The van der Waals surface area contributed by atoms with Gasteiger partial charge in [-0.2, -0.15) is 5.48 Å². The third-order valence-corrected chi connectivity index (χ3v) is 2.39. The first kappa shape index (κ1) is 12.8. The van der Waals surface area contributed by atoms with Crippen molar-refractivity contribution in [2.45, 2.75) is 32.9 Å². The van der Waals surface area contributed by atoms with Gasteiger partial charge in [-0.25, -0.2) is 4.98 Å². The Kier molecular flexibility index (Phi) is 3.79. The zero-order chi connectivity index (χ0) is 13.0. The second-order valence-corrected chi connectivity index (χ2v) is 5.17. The van der Waals surface area contributed by atoms with Crippen LogP contribution in [0.25, 0.3) is 5.69 Å². The second kappa shape index (κ2) is 5.33. The predicted octanol–water partition coefficient (Wildman–Crippen LogP) is 2.69. The van der Waals surface area contributed by atoms with Gasteiger partial charge in [0.15, 0.2) is 0 Å². The zero-order valence-electron chi connectivity index (χ0n) is 11.1. The number of rotatable bonds is 4. The Labute approximate surface area is 108 Å². The smallest absolute Gasteiger partial charge is 0.0991 e. The molecule has 2 aromatic rings. The molecule has 0 fully saturated rings. The van der Waals surface area contributed by atoms with Crippen molar-refractivity contribution in [2.24, 2.45) is 0 Å². The molecule has 0 saturated carbocycles. The number of hydrogen-bond donors (Lipinski definition) is 1. The van der Waals surface area contributed by atoms with Crippen LogP contribution in [-0.4, -0.2) is 15.2 Å². The van der Waals surface area contributed by atoms with Gasteiger partial charge in [-0.15, -0.1) is 0 Å². The fraction of sp³-hybridized carbons (Fsp3) is 0.357. The summed E-state index contributed by atoms with van der Waals surface area (Å²) < 4.78 is 1.98. The first-order chi connectivity index (χ1) is 8.54. The topological polar surface area (TPSA) is 39.1 Å². The van der Waals surface area contributed by atoms with Crippen molar-refractivity contribution in [3.8, 4) is 5.69 Å². The minimum Gasteiger partial charge on any atom is -0.306 e. The Hall–Kier alpha value is -1.65. The third-order valence-electron chi connectivity index (χ3n) is 2.39. The van der Waals surface area contributed by atoms with E-state index in [9.17, 15) is 0 Å². The van der Waals surface area contributed by atoms with Crippen LogP contribution >= 0.6 is 0 Å². The van der Waals surface area contributed by atoms with E-state index in [4.69, 9.17) is 4.84 Å². The first-order valence-electron chi connectivity index (χ1n) is 6.03. The number of imidazole rings is 1. The molecule has 1 heterocycles. The number of hydrogen-bond acceptors (Lipinski definition) is 3. The van der Waals surface area contributed by atoms with Crippen molar-refractivity contribution in [2.75, 3.05) is 0 Å². The monoisotopic (exact) mass is 245 g/mol. The molecule has 2 rings (SSSR count).